The Kier molecular flexibility index (Phi) is 4.13. The van der Waals surface area contributed by atoms with E-state index < -0.39 is 18.0 Å². The summed E-state index contributed by atoms with van der Waals surface area (Å²) in [7, 11) is 0. The third-order valence-corrected chi connectivity index (χ3v) is 2.02. The standard InChI is InChI=1S/C10H11ClN2O3/c1-6(9(14)15)12-10(16)13-8-4-2-3-7(11)5-8/h2-6H,1H3,(H,14,15)(H2,12,13,16)/p-1/t6-/m0/s1. The number of hydrogen-bond donors (Lipinski definition) is 2. The highest BCUT2D eigenvalue weighted by molar-refractivity contribution is 6.30. The molecule has 0 aromatic heterocycles. The number of aliphatic carboxylic acids is 1. The number of nitrogens with one attached hydrogen (secondary N) is 2. The van der Waals surface area contributed by atoms with Crippen LogP contribution in [0.3, 0.4) is 0 Å². The van der Waals surface area contributed by atoms with Crippen LogP contribution in [-0.2, 0) is 4.79 Å². The molecule has 0 heterocycles. The molecule has 0 saturated carbocycles. The minimum absolute atomic E-state index is 0.478. The first-order chi connectivity index (χ1) is 7.49. The van der Waals surface area contributed by atoms with Crippen molar-refractivity contribution in [3.8, 4) is 0 Å². The van der Waals surface area contributed by atoms with Crippen LogP contribution >= 0.6 is 11.6 Å². The lowest BCUT2D eigenvalue weighted by Crippen LogP contribution is -2.47. The molecule has 0 unspecified atom stereocenters. The predicted molar refractivity (Wildman–Crippen MR) is 58.1 cm³/mol. The Labute approximate surface area is 97.4 Å². The van der Waals surface area contributed by atoms with E-state index >= 15 is 0 Å². The summed E-state index contributed by atoms with van der Waals surface area (Å²) in [6.45, 7) is 1.31. The third kappa shape index (κ3) is 3.78. The Balaban J connectivity index is 2.55. The molecule has 0 bridgehead atoms. The molecule has 5 nitrogen and oxygen atoms in total. The number of carbonyl (C=O) groups excluding carboxylic acids is 2. The Morgan fingerprint density at radius 3 is 2.69 bits per heavy atom. The van der Waals surface area contributed by atoms with Gasteiger partial charge in [-0.3, -0.25) is 0 Å². The van der Waals surface area contributed by atoms with Crippen molar-refractivity contribution in [2.75, 3.05) is 5.32 Å². The largest absolute Gasteiger partial charge is 0.548 e. The minimum atomic E-state index is -1.35. The van der Waals surface area contributed by atoms with E-state index in [2.05, 4.69) is 10.6 Å². The molecule has 1 aromatic rings. The second kappa shape index (κ2) is 5.37. The van der Waals surface area contributed by atoms with Crippen LogP contribution in [0.15, 0.2) is 24.3 Å². The van der Waals surface area contributed by atoms with E-state index in [4.69, 9.17) is 11.6 Å². The molecule has 0 radical (unpaired) electrons. The highest BCUT2D eigenvalue weighted by atomic mass is 35.5. The van der Waals surface area contributed by atoms with E-state index in [9.17, 15) is 14.7 Å². The maximum atomic E-state index is 11.3. The van der Waals surface area contributed by atoms with Crippen LogP contribution in [-0.4, -0.2) is 18.0 Å². The van der Waals surface area contributed by atoms with Gasteiger partial charge < -0.3 is 20.5 Å². The predicted octanol–water partition coefficient (Wildman–Crippen LogP) is 0.600. The normalized spacial score (nSPS) is 11.6. The van der Waals surface area contributed by atoms with E-state index in [0.29, 0.717) is 10.7 Å². The van der Waals surface area contributed by atoms with Gasteiger partial charge in [-0.15, -0.1) is 0 Å². The quantitative estimate of drug-likeness (QED) is 0.813. The number of rotatable bonds is 3. The van der Waals surface area contributed by atoms with E-state index in [1.165, 1.54) is 6.92 Å². The summed E-state index contributed by atoms with van der Waals surface area (Å²) in [5.74, 6) is -1.35. The molecule has 6 heteroatoms. The Hall–Kier alpha value is -1.75. The molecule has 1 rings (SSSR count). The molecule has 16 heavy (non-hydrogen) atoms. The number of carbonyl (C=O) groups is 2. The molecule has 0 aliphatic carbocycles. The van der Waals surface area contributed by atoms with Crippen molar-refractivity contribution in [3.05, 3.63) is 29.3 Å². The van der Waals surface area contributed by atoms with Crippen molar-refractivity contribution in [1.82, 2.24) is 5.32 Å². The van der Waals surface area contributed by atoms with Gasteiger partial charge in [-0.05, 0) is 25.1 Å². The van der Waals surface area contributed by atoms with E-state index in [1.54, 1.807) is 24.3 Å². The molecule has 2 amide bonds. The molecule has 86 valence electrons. The van der Waals surface area contributed by atoms with Gasteiger partial charge in [-0.1, -0.05) is 17.7 Å². The number of benzene rings is 1. The Morgan fingerprint density at radius 2 is 2.12 bits per heavy atom. The van der Waals surface area contributed by atoms with Gasteiger partial charge in [0.2, 0.25) is 0 Å². The summed E-state index contributed by atoms with van der Waals surface area (Å²) in [6, 6.07) is 4.83. The lowest BCUT2D eigenvalue weighted by atomic mass is 10.3. The van der Waals surface area contributed by atoms with Crippen LogP contribution in [0.4, 0.5) is 10.5 Å². The fraction of sp³-hybridized carbons (Fsp3) is 0.200. The zero-order valence-electron chi connectivity index (χ0n) is 8.49. The second-order valence-corrected chi connectivity index (χ2v) is 3.59. The van der Waals surface area contributed by atoms with Crippen LogP contribution < -0.4 is 15.7 Å². The van der Waals surface area contributed by atoms with Gasteiger partial charge in [0.1, 0.15) is 0 Å². The first-order valence-corrected chi connectivity index (χ1v) is 4.91. The maximum Gasteiger partial charge on any atom is 0.319 e. The fourth-order valence-electron chi connectivity index (χ4n) is 0.989. The van der Waals surface area contributed by atoms with E-state index in [1.807, 2.05) is 0 Å². The number of amides is 2. The van der Waals surface area contributed by atoms with Gasteiger partial charge in [-0.2, -0.15) is 0 Å². The average Bonchev–Trinajstić information content (AvgIpc) is 2.16. The van der Waals surface area contributed by atoms with Crippen molar-refractivity contribution in [2.45, 2.75) is 13.0 Å². The minimum Gasteiger partial charge on any atom is -0.548 e. The Morgan fingerprint density at radius 1 is 1.44 bits per heavy atom. The number of carboxylic acid groups (broad SMARTS) is 1. The molecule has 1 atom stereocenters. The van der Waals surface area contributed by atoms with Crippen LogP contribution in [0.1, 0.15) is 6.92 Å². The third-order valence-electron chi connectivity index (χ3n) is 1.78. The summed E-state index contributed by atoms with van der Waals surface area (Å²) in [5.41, 5.74) is 0.482. The van der Waals surface area contributed by atoms with Crippen LogP contribution in [0.2, 0.25) is 5.02 Å². The number of carboxylic acids is 1. The second-order valence-electron chi connectivity index (χ2n) is 3.15. The van der Waals surface area contributed by atoms with E-state index in [-0.39, 0.29) is 0 Å². The van der Waals surface area contributed by atoms with Gasteiger partial charge in [0.05, 0.1) is 12.0 Å². The summed E-state index contributed by atoms with van der Waals surface area (Å²) >= 11 is 5.71. The Bertz CT molecular complexity index is 409. The molecule has 0 aliphatic rings. The van der Waals surface area contributed by atoms with Crippen molar-refractivity contribution in [3.63, 3.8) is 0 Å². The first-order valence-electron chi connectivity index (χ1n) is 4.53. The van der Waals surface area contributed by atoms with Crippen molar-refractivity contribution in [1.29, 1.82) is 0 Å². The molecule has 2 N–H and O–H groups in total. The van der Waals surface area contributed by atoms with Crippen LogP contribution in [0.25, 0.3) is 0 Å². The van der Waals surface area contributed by atoms with Gasteiger partial charge in [0.15, 0.2) is 0 Å². The highest BCUT2D eigenvalue weighted by Crippen LogP contribution is 2.14. The zero-order chi connectivity index (χ0) is 12.1. The fourth-order valence-corrected chi connectivity index (χ4v) is 1.18. The summed E-state index contributed by atoms with van der Waals surface area (Å²) < 4.78 is 0. The van der Waals surface area contributed by atoms with Crippen molar-refractivity contribution in [2.24, 2.45) is 0 Å². The van der Waals surface area contributed by atoms with Crippen molar-refractivity contribution >= 4 is 29.3 Å². The monoisotopic (exact) mass is 241 g/mol. The zero-order valence-corrected chi connectivity index (χ0v) is 9.25. The smallest absolute Gasteiger partial charge is 0.319 e. The molecule has 1 aromatic carbocycles. The van der Waals surface area contributed by atoms with Crippen LogP contribution in [0, 0.1) is 0 Å². The highest BCUT2D eigenvalue weighted by Gasteiger charge is 2.07. The number of halogens is 1. The lowest BCUT2D eigenvalue weighted by molar-refractivity contribution is -0.307. The summed E-state index contributed by atoms with van der Waals surface area (Å²) in [4.78, 5) is 21.6. The molecular weight excluding hydrogens is 232 g/mol. The van der Waals surface area contributed by atoms with Gasteiger partial charge in [-0.25, -0.2) is 4.79 Å². The SMILES string of the molecule is C[C@H](NC(=O)Nc1cccc(Cl)c1)C(=O)[O-]. The average molecular weight is 242 g/mol. The maximum absolute atomic E-state index is 11.3. The molecule has 0 fully saturated rings. The summed E-state index contributed by atoms with van der Waals surface area (Å²) in [5, 5.41) is 15.5. The molecule has 0 saturated heterocycles. The van der Waals surface area contributed by atoms with Gasteiger partial charge in [0.25, 0.3) is 0 Å². The van der Waals surface area contributed by atoms with Crippen molar-refractivity contribution < 1.29 is 14.7 Å². The van der Waals surface area contributed by atoms with Gasteiger partial charge in [0, 0.05) is 10.7 Å². The van der Waals surface area contributed by atoms with Gasteiger partial charge >= 0.3 is 6.03 Å². The van der Waals surface area contributed by atoms with E-state index in [0.717, 1.165) is 0 Å². The molecular formula is C10H10ClN2O3-. The lowest BCUT2D eigenvalue weighted by Gasteiger charge is -2.15. The number of urea groups is 1. The number of hydrogen-bond acceptors (Lipinski definition) is 3. The molecule has 0 spiro atoms. The topological polar surface area (TPSA) is 81.3 Å². The van der Waals surface area contributed by atoms with Crippen LogP contribution in [0.5, 0.6) is 0 Å². The first kappa shape index (κ1) is 12.3. The number of anilines is 1. The molecule has 0 aliphatic heterocycles. The summed E-state index contributed by atoms with van der Waals surface area (Å²) in [6.07, 6.45) is 0.